The van der Waals surface area contributed by atoms with Gasteiger partial charge >= 0.3 is 0 Å². The van der Waals surface area contributed by atoms with Gasteiger partial charge in [0.25, 0.3) is 0 Å². The normalized spacial score (nSPS) is 12.3. The molecule has 6 nitrogen and oxygen atoms in total. The summed E-state index contributed by atoms with van der Waals surface area (Å²) >= 11 is 0. The van der Waals surface area contributed by atoms with E-state index in [2.05, 4.69) is 6.92 Å². The maximum Gasteiger partial charge on any atom is 0.198 e. The first-order valence-electron chi connectivity index (χ1n) is 12.1. The van der Waals surface area contributed by atoms with Gasteiger partial charge in [-0.2, -0.15) is 0 Å². The van der Waals surface area contributed by atoms with Crippen molar-refractivity contribution < 1.29 is 24.2 Å². The first-order valence-corrected chi connectivity index (χ1v) is 12.1. The summed E-state index contributed by atoms with van der Waals surface area (Å²) in [5, 5.41) is 10.6. The first kappa shape index (κ1) is 24.2. The Labute approximate surface area is 204 Å². The largest absolute Gasteiger partial charge is 0.507 e. The maximum atomic E-state index is 13.2. The maximum absolute atomic E-state index is 13.2. The molecule has 3 aromatic rings. The fourth-order valence-corrected chi connectivity index (χ4v) is 4.42. The van der Waals surface area contributed by atoms with E-state index in [9.17, 15) is 19.5 Å². The van der Waals surface area contributed by atoms with Crippen molar-refractivity contribution in [3.05, 3.63) is 88.0 Å². The van der Waals surface area contributed by atoms with E-state index >= 15 is 0 Å². The minimum atomic E-state index is -0.495. The minimum Gasteiger partial charge on any atom is -0.507 e. The van der Waals surface area contributed by atoms with Gasteiger partial charge in [0.15, 0.2) is 17.3 Å². The van der Waals surface area contributed by atoms with E-state index in [1.807, 2.05) is 0 Å². The molecule has 6 heteroatoms. The average molecular weight is 472 g/mol. The standard InChI is InChI=1S/C29H29NO5/c1-2-3-4-5-6-9-16-35-19-14-12-18(13-15-19)27(32)22-17-23(31)24-25(26(22)30)29(34)21-11-8-7-10-20(21)28(24)33/h7-8,10-15,17,31H,2-6,9,16,30H2,1H3. The number of rotatable bonds is 10. The van der Waals surface area contributed by atoms with Crippen LogP contribution in [0.4, 0.5) is 5.69 Å². The molecule has 1 aliphatic rings. The second kappa shape index (κ2) is 10.6. The highest BCUT2D eigenvalue weighted by Gasteiger charge is 2.35. The summed E-state index contributed by atoms with van der Waals surface area (Å²) < 4.78 is 5.77. The van der Waals surface area contributed by atoms with Crippen molar-refractivity contribution in [2.45, 2.75) is 45.4 Å². The van der Waals surface area contributed by atoms with Gasteiger partial charge in [-0.25, -0.2) is 0 Å². The number of nitrogens with two attached hydrogens (primary N) is 1. The van der Waals surface area contributed by atoms with Crippen LogP contribution in [0.3, 0.4) is 0 Å². The van der Waals surface area contributed by atoms with Crippen LogP contribution in [0.2, 0.25) is 0 Å². The molecule has 0 amide bonds. The van der Waals surface area contributed by atoms with Gasteiger partial charge < -0.3 is 15.6 Å². The molecule has 35 heavy (non-hydrogen) atoms. The number of unbranched alkanes of at least 4 members (excludes halogenated alkanes) is 5. The van der Waals surface area contributed by atoms with Gasteiger partial charge in [-0.15, -0.1) is 0 Å². The zero-order chi connectivity index (χ0) is 24.9. The molecule has 0 bridgehead atoms. The van der Waals surface area contributed by atoms with Crippen LogP contribution in [0.15, 0.2) is 54.6 Å². The summed E-state index contributed by atoms with van der Waals surface area (Å²) in [5.74, 6) is -1.22. The van der Waals surface area contributed by atoms with Gasteiger partial charge in [-0.1, -0.05) is 63.3 Å². The molecule has 0 aliphatic heterocycles. The van der Waals surface area contributed by atoms with E-state index in [0.717, 1.165) is 12.8 Å². The molecule has 0 saturated heterocycles. The zero-order valence-electron chi connectivity index (χ0n) is 19.8. The second-order valence-corrected chi connectivity index (χ2v) is 8.78. The molecular formula is C29H29NO5. The van der Waals surface area contributed by atoms with E-state index in [1.165, 1.54) is 43.9 Å². The molecule has 0 heterocycles. The number of hydrogen-bond acceptors (Lipinski definition) is 6. The fraction of sp³-hybridized carbons (Fsp3) is 0.276. The van der Waals surface area contributed by atoms with E-state index in [1.54, 1.807) is 36.4 Å². The number of carbonyl (C=O) groups is 3. The molecule has 0 unspecified atom stereocenters. The molecular weight excluding hydrogens is 442 g/mol. The van der Waals surface area contributed by atoms with E-state index in [-0.39, 0.29) is 33.5 Å². The molecule has 0 fully saturated rings. The van der Waals surface area contributed by atoms with Crippen molar-refractivity contribution in [2.24, 2.45) is 0 Å². The van der Waals surface area contributed by atoms with E-state index in [4.69, 9.17) is 10.5 Å². The van der Waals surface area contributed by atoms with Gasteiger partial charge in [-0.3, -0.25) is 14.4 Å². The van der Waals surface area contributed by atoms with Crippen LogP contribution in [0.1, 0.15) is 93.2 Å². The Bertz CT molecular complexity index is 1280. The summed E-state index contributed by atoms with van der Waals surface area (Å²) in [6, 6.07) is 14.2. The highest BCUT2D eigenvalue weighted by atomic mass is 16.5. The van der Waals surface area contributed by atoms with Crippen molar-refractivity contribution in [1.29, 1.82) is 0 Å². The number of hydrogen-bond donors (Lipinski definition) is 2. The lowest BCUT2D eigenvalue weighted by molar-refractivity contribution is 0.0976. The Hall–Kier alpha value is -3.93. The third-order valence-corrected chi connectivity index (χ3v) is 6.34. The Kier molecular flexibility index (Phi) is 7.30. The van der Waals surface area contributed by atoms with Crippen molar-refractivity contribution in [2.75, 3.05) is 12.3 Å². The number of phenols is 1. The molecule has 4 rings (SSSR count). The predicted molar refractivity (Wildman–Crippen MR) is 135 cm³/mol. The van der Waals surface area contributed by atoms with Crippen LogP contribution in [0.5, 0.6) is 11.5 Å². The summed E-state index contributed by atoms with van der Waals surface area (Å²) in [5.41, 5.74) is 6.55. The number of aromatic hydroxyl groups is 1. The Morgan fingerprint density at radius 1 is 0.857 bits per heavy atom. The highest BCUT2D eigenvalue weighted by molar-refractivity contribution is 6.32. The number of fused-ring (bicyclic) bond motifs is 2. The summed E-state index contributed by atoms with van der Waals surface area (Å²) in [7, 11) is 0. The first-order chi connectivity index (χ1) is 16.9. The molecule has 180 valence electrons. The van der Waals surface area contributed by atoms with Crippen LogP contribution in [0, 0.1) is 0 Å². The van der Waals surface area contributed by atoms with Crippen LogP contribution in [0.25, 0.3) is 0 Å². The smallest absolute Gasteiger partial charge is 0.198 e. The topological polar surface area (TPSA) is 107 Å². The molecule has 1 aliphatic carbocycles. The number of ether oxygens (including phenoxy) is 1. The van der Waals surface area contributed by atoms with Gasteiger partial charge in [0.1, 0.15) is 11.5 Å². The molecule has 0 aromatic heterocycles. The van der Waals surface area contributed by atoms with Crippen molar-refractivity contribution >= 4 is 23.0 Å². The van der Waals surface area contributed by atoms with Gasteiger partial charge in [-0.05, 0) is 36.8 Å². The molecule has 3 aromatic carbocycles. The third kappa shape index (κ3) is 4.83. The van der Waals surface area contributed by atoms with Crippen LogP contribution in [-0.4, -0.2) is 29.1 Å². The lowest BCUT2D eigenvalue weighted by Gasteiger charge is -2.21. The Morgan fingerprint density at radius 2 is 1.46 bits per heavy atom. The quantitative estimate of drug-likeness (QED) is 0.133. The lowest BCUT2D eigenvalue weighted by atomic mass is 9.81. The summed E-state index contributed by atoms with van der Waals surface area (Å²) in [4.78, 5) is 39.2. The molecule has 3 N–H and O–H groups in total. The third-order valence-electron chi connectivity index (χ3n) is 6.34. The SMILES string of the molecule is CCCCCCCCOc1ccc(C(=O)c2cc(O)c3c(c2N)C(=O)c2ccccc2C3=O)cc1. The minimum absolute atomic E-state index is 0.0254. The molecule has 0 spiro atoms. The summed E-state index contributed by atoms with van der Waals surface area (Å²) in [6.07, 6.45) is 7.05. The van der Waals surface area contributed by atoms with Crippen molar-refractivity contribution in [1.82, 2.24) is 0 Å². The number of nitrogen functional groups attached to an aromatic ring is 1. The van der Waals surface area contributed by atoms with Gasteiger partial charge in [0.2, 0.25) is 0 Å². The number of anilines is 1. The zero-order valence-corrected chi connectivity index (χ0v) is 19.8. The number of ketones is 3. The Morgan fingerprint density at radius 3 is 2.11 bits per heavy atom. The highest BCUT2D eigenvalue weighted by Crippen LogP contribution is 2.38. The monoisotopic (exact) mass is 471 g/mol. The van der Waals surface area contributed by atoms with E-state index in [0.29, 0.717) is 17.9 Å². The summed E-state index contributed by atoms with van der Waals surface area (Å²) in [6.45, 7) is 2.81. The molecule has 0 saturated carbocycles. The van der Waals surface area contributed by atoms with Gasteiger partial charge in [0, 0.05) is 22.3 Å². The van der Waals surface area contributed by atoms with E-state index < -0.39 is 23.1 Å². The lowest BCUT2D eigenvalue weighted by Crippen LogP contribution is -2.24. The molecule has 0 atom stereocenters. The number of phenolic OH excluding ortho intramolecular Hbond substituents is 1. The average Bonchev–Trinajstić information content (AvgIpc) is 2.87. The van der Waals surface area contributed by atoms with Gasteiger partial charge in [0.05, 0.1) is 23.4 Å². The number of benzene rings is 3. The van der Waals surface area contributed by atoms with Crippen molar-refractivity contribution in [3.63, 3.8) is 0 Å². The Balaban J connectivity index is 1.51. The van der Waals surface area contributed by atoms with Crippen LogP contribution < -0.4 is 10.5 Å². The molecule has 0 radical (unpaired) electrons. The van der Waals surface area contributed by atoms with Crippen molar-refractivity contribution in [3.8, 4) is 11.5 Å². The fourth-order valence-electron chi connectivity index (χ4n) is 4.42. The number of carbonyl (C=O) groups excluding carboxylic acids is 3. The van der Waals surface area contributed by atoms with Crippen LogP contribution in [-0.2, 0) is 0 Å². The predicted octanol–water partition coefficient (Wildman–Crippen LogP) is 5.72. The second-order valence-electron chi connectivity index (χ2n) is 8.78. The van der Waals surface area contributed by atoms with Crippen LogP contribution >= 0.6 is 0 Å².